The number of hydrogen-bond donors (Lipinski definition) is 1. The molecule has 0 amide bonds. The van der Waals surface area contributed by atoms with Crippen molar-refractivity contribution >= 4 is 23.2 Å². The number of anilines is 1. The molecule has 2 rings (SSSR count). The first-order valence-electron chi connectivity index (χ1n) is 4.47. The molecule has 0 saturated heterocycles. The summed E-state index contributed by atoms with van der Waals surface area (Å²) in [6.45, 7) is 6.93. The van der Waals surface area contributed by atoms with Crippen molar-refractivity contribution in [1.29, 1.82) is 0 Å². The van der Waals surface area contributed by atoms with E-state index in [9.17, 15) is 0 Å². The van der Waals surface area contributed by atoms with E-state index in [-0.39, 0.29) is 11.1 Å². The Morgan fingerprint density at radius 1 is 1.25 bits per heavy atom. The minimum Gasteiger partial charge on any atom is -0.368 e. The van der Waals surface area contributed by atoms with Gasteiger partial charge in [0.25, 0.3) is 0 Å². The third-order valence-corrected chi connectivity index (χ3v) is 2.18. The van der Waals surface area contributed by atoms with E-state index in [2.05, 4.69) is 14.8 Å². The van der Waals surface area contributed by atoms with Gasteiger partial charge in [0.1, 0.15) is 5.15 Å². The highest BCUT2D eigenvalue weighted by Gasteiger charge is 2.04. The van der Waals surface area contributed by atoms with Gasteiger partial charge in [0.05, 0.1) is 12.3 Å². The quantitative estimate of drug-likeness (QED) is 0.605. The van der Waals surface area contributed by atoms with Gasteiger partial charge in [-0.2, -0.15) is 0 Å². The summed E-state index contributed by atoms with van der Waals surface area (Å²) >= 11 is 5.78. The van der Waals surface area contributed by atoms with E-state index >= 15 is 0 Å². The zero-order valence-corrected chi connectivity index (χ0v) is 8.94. The van der Waals surface area contributed by atoms with Crippen LogP contribution in [-0.2, 0) is 0 Å². The SMILES string of the molecule is [C-]#[N+]c1cccc(-c2cc(Cl)nc(N)n2)c1. The number of benzene rings is 1. The Kier molecular flexibility index (Phi) is 2.71. The highest BCUT2D eigenvalue weighted by atomic mass is 35.5. The summed E-state index contributed by atoms with van der Waals surface area (Å²) in [6.07, 6.45) is 0. The van der Waals surface area contributed by atoms with Crippen LogP contribution < -0.4 is 5.73 Å². The van der Waals surface area contributed by atoms with Crippen LogP contribution in [-0.4, -0.2) is 9.97 Å². The number of aromatic nitrogens is 2. The zero-order chi connectivity index (χ0) is 11.5. The van der Waals surface area contributed by atoms with Gasteiger partial charge < -0.3 is 5.73 Å². The molecule has 2 N–H and O–H groups in total. The molecule has 78 valence electrons. The Morgan fingerprint density at radius 2 is 2.06 bits per heavy atom. The molecule has 0 spiro atoms. The smallest absolute Gasteiger partial charge is 0.221 e. The minimum atomic E-state index is 0.121. The summed E-state index contributed by atoms with van der Waals surface area (Å²) in [5.74, 6) is 0.121. The second-order valence-electron chi connectivity index (χ2n) is 3.10. The maximum atomic E-state index is 6.93. The van der Waals surface area contributed by atoms with Crippen LogP contribution in [0.1, 0.15) is 0 Å². The molecule has 1 heterocycles. The number of nitrogen functional groups attached to an aromatic ring is 1. The molecule has 0 saturated carbocycles. The molecule has 0 bridgehead atoms. The lowest BCUT2D eigenvalue weighted by Gasteiger charge is -2.02. The summed E-state index contributed by atoms with van der Waals surface area (Å²) in [5.41, 5.74) is 7.46. The molecule has 0 aliphatic carbocycles. The summed E-state index contributed by atoms with van der Waals surface area (Å²) in [6, 6.07) is 8.69. The molecule has 0 radical (unpaired) electrons. The minimum absolute atomic E-state index is 0.121. The van der Waals surface area contributed by atoms with Crippen LogP contribution in [0.25, 0.3) is 16.1 Å². The molecule has 4 nitrogen and oxygen atoms in total. The first-order chi connectivity index (χ1) is 7.69. The van der Waals surface area contributed by atoms with Crippen molar-refractivity contribution in [2.75, 3.05) is 5.73 Å². The van der Waals surface area contributed by atoms with Gasteiger partial charge in [0.2, 0.25) is 5.95 Å². The second-order valence-corrected chi connectivity index (χ2v) is 3.48. The van der Waals surface area contributed by atoms with Crippen LogP contribution in [0.5, 0.6) is 0 Å². The fourth-order valence-corrected chi connectivity index (χ4v) is 1.51. The second kappa shape index (κ2) is 4.17. The Balaban J connectivity index is 2.54. The van der Waals surface area contributed by atoms with E-state index in [1.807, 2.05) is 6.07 Å². The van der Waals surface area contributed by atoms with Crippen molar-refractivity contribution in [2.24, 2.45) is 0 Å². The average Bonchev–Trinajstić information content (AvgIpc) is 2.28. The van der Waals surface area contributed by atoms with E-state index in [0.717, 1.165) is 5.56 Å². The molecular weight excluding hydrogens is 224 g/mol. The highest BCUT2D eigenvalue weighted by molar-refractivity contribution is 6.29. The molecular formula is C11H7ClN4. The standard InChI is InChI=1S/C11H7ClN4/c1-14-8-4-2-3-7(5-8)9-6-10(12)16-11(13)15-9/h2-6H,(H2,13,15,16). The normalized spacial score (nSPS) is 9.75. The molecule has 5 heteroatoms. The van der Waals surface area contributed by atoms with Gasteiger partial charge in [-0.15, -0.1) is 0 Å². The number of rotatable bonds is 1. The predicted octanol–water partition coefficient (Wildman–Crippen LogP) is 2.93. The molecule has 0 unspecified atom stereocenters. The molecule has 1 aromatic heterocycles. The molecule has 0 atom stereocenters. The van der Waals surface area contributed by atoms with Gasteiger partial charge >= 0.3 is 0 Å². The predicted molar refractivity (Wildman–Crippen MR) is 63.2 cm³/mol. The first-order valence-corrected chi connectivity index (χ1v) is 4.85. The van der Waals surface area contributed by atoms with E-state index in [4.69, 9.17) is 23.9 Å². The summed E-state index contributed by atoms with van der Waals surface area (Å²) in [4.78, 5) is 11.2. The van der Waals surface area contributed by atoms with Crippen molar-refractivity contribution < 1.29 is 0 Å². The number of hydrogen-bond acceptors (Lipinski definition) is 3. The average molecular weight is 231 g/mol. The fourth-order valence-electron chi connectivity index (χ4n) is 1.32. The van der Waals surface area contributed by atoms with Gasteiger partial charge in [-0.25, -0.2) is 14.8 Å². The van der Waals surface area contributed by atoms with Gasteiger partial charge in [-0.05, 0) is 11.6 Å². The summed E-state index contributed by atoms with van der Waals surface area (Å²) in [7, 11) is 0. The van der Waals surface area contributed by atoms with Crippen molar-refractivity contribution in [3.63, 3.8) is 0 Å². The Morgan fingerprint density at radius 3 is 2.75 bits per heavy atom. The first kappa shape index (κ1) is 10.4. The summed E-state index contributed by atoms with van der Waals surface area (Å²) in [5, 5.41) is 0.288. The Bertz CT molecular complexity index is 554. The summed E-state index contributed by atoms with van der Waals surface area (Å²) < 4.78 is 0. The van der Waals surface area contributed by atoms with Crippen LogP contribution in [0, 0.1) is 6.57 Å². The van der Waals surface area contributed by atoms with Crippen LogP contribution in [0.15, 0.2) is 30.3 Å². The van der Waals surface area contributed by atoms with Crippen molar-refractivity contribution in [2.45, 2.75) is 0 Å². The highest BCUT2D eigenvalue weighted by Crippen LogP contribution is 2.24. The maximum absolute atomic E-state index is 6.93. The largest absolute Gasteiger partial charge is 0.368 e. The number of halogens is 1. The molecule has 0 fully saturated rings. The topological polar surface area (TPSA) is 56.2 Å². The van der Waals surface area contributed by atoms with Crippen molar-refractivity contribution in [3.8, 4) is 11.3 Å². The van der Waals surface area contributed by atoms with E-state index in [1.165, 1.54) is 0 Å². The van der Waals surface area contributed by atoms with Crippen molar-refractivity contribution in [3.05, 3.63) is 46.9 Å². The van der Waals surface area contributed by atoms with Crippen LogP contribution in [0.4, 0.5) is 11.6 Å². The lowest BCUT2D eigenvalue weighted by atomic mass is 10.1. The molecule has 0 aliphatic heterocycles. The monoisotopic (exact) mass is 230 g/mol. The molecule has 2 aromatic rings. The Labute approximate surface area is 97.5 Å². The zero-order valence-electron chi connectivity index (χ0n) is 8.18. The van der Waals surface area contributed by atoms with Gasteiger partial charge in [-0.1, -0.05) is 29.8 Å². The van der Waals surface area contributed by atoms with E-state index in [1.54, 1.807) is 24.3 Å². The lowest BCUT2D eigenvalue weighted by molar-refractivity contribution is 1.19. The number of nitrogens with zero attached hydrogens (tertiary/aromatic N) is 3. The molecule has 1 aromatic carbocycles. The van der Waals surface area contributed by atoms with Gasteiger partial charge in [0.15, 0.2) is 5.69 Å². The fraction of sp³-hybridized carbons (Fsp3) is 0. The van der Waals surface area contributed by atoms with Crippen LogP contribution in [0.3, 0.4) is 0 Å². The Hall–Kier alpha value is -2.12. The molecule has 16 heavy (non-hydrogen) atoms. The van der Waals surface area contributed by atoms with Crippen LogP contribution in [0.2, 0.25) is 5.15 Å². The van der Waals surface area contributed by atoms with E-state index in [0.29, 0.717) is 11.4 Å². The van der Waals surface area contributed by atoms with Crippen LogP contribution >= 0.6 is 11.6 Å². The van der Waals surface area contributed by atoms with Crippen molar-refractivity contribution in [1.82, 2.24) is 9.97 Å². The lowest BCUT2D eigenvalue weighted by Crippen LogP contribution is -1.96. The van der Waals surface area contributed by atoms with Gasteiger partial charge in [-0.3, -0.25) is 0 Å². The molecule has 0 aliphatic rings. The number of nitrogens with two attached hydrogens (primary N) is 1. The third-order valence-electron chi connectivity index (χ3n) is 1.98. The van der Waals surface area contributed by atoms with E-state index < -0.39 is 0 Å². The third kappa shape index (κ3) is 2.10. The maximum Gasteiger partial charge on any atom is 0.221 e. The van der Waals surface area contributed by atoms with Gasteiger partial charge in [0, 0.05) is 6.07 Å².